The van der Waals surface area contributed by atoms with E-state index in [0.717, 1.165) is 23.6 Å². The van der Waals surface area contributed by atoms with Crippen molar-refractivity contribution in [1.29, 1.82) is 0 Å². The van der Waals surface area contributed by atoms with Gasteiger partial charge in [-0.25, -0.2) is 0 Å². The summed E-state index contributed by atoms with van der Waals surface area (Å²) in [5, 5.41) is 11.0. The van der Waals surface area contributed by atoms with Crippen molar-refractivity contribution >= 4 is 23.2 Å². The van der Waals surface area contributed by atoms with Gasteiger partial charge in [0, 0.05) is 37.5 Å². The van der Waals surface area contributed by atoms with E-state index in [1.807, 2.05) is 24.1 Å². The lowest BCUT2D eigenvalue weighted by molar-refractivity contribution is -0.384. The number of benzene rings is 2. The Balaban J connectivity index is 1.49. The summed E-state index contributed by atoms with van der Waals surface area (Å²) >= 11 is 0. The predicted octanol–water partition coefficient (Wildman–Crippen LogP) is 3.27. The van der Waals surface area contributed by atoms with E-state index in [1.54, 1.807) is 0 Å². The van der Waals surface area contributed by atoms with Crippen LogP contribution in [-0.4, -0.2) is 53.3 Å². The second-order valence-electron chi connectivity index (χ2n) is 7.86. The van der Waals surface area contributed by atoms with Gasteiger partial charge < -0.3 is 4.90 Å². The average Bonchev–Trinajstić information content (AvgIpc) is 2.99. The van der Waals surface area contributed by atoms with E-state index in [-0.39, 0.29) is 23.5 Å². The SMILES string of the molecule is CN(Cc1ccccc1N1CCCCC1)CN1C(=O)c2ccc([N+](=O)[O-])cc2C1=O. The van der Waals surface area contributed by atoms with Crippen molar-refractivity contribution in [3.8, 4) is 0 Å². The van der Waals surface area contributed by atoms with Crippen LogP contribution in [0.25, 0.3) is 0 Å². The number of nitro groups is 1. The smallest absolute Gasteiger partial charge is 0.270 e. The highest BCUT2D eigenvalue weighted by Gasteiger charge is 2.37. The normalized spacial score (nSPS) is 16.3. The fraction of sp³-hybridized carbons (Fsp3) is 0.364. The number of para-hydroxylation sites is 1. The highest BCUT2D eigenvalue weighted by atomic mass is 16.6. The summed E-state index contributed by atoms with van der Waals surface area (Å²) in [6.45, 7) is 2.78. The Morgan fingerprint density at radius 3 is 2.43 bits per heavy atom. The molecule has 0 spiro atoms. The maximum atomic E-state index is 12.7. The third-order valence-corrected chi connectivity index (χ3v) is 5.68. The number of imide groups is 1. The molecule has 1 saturated heterocycles. The molecule has 2 aliphatic heterocycles. The van der Waals surface area contributed by atoms with Crippen LogP contribution >= 0.6 is 0 Å². The van der Waals surface area contributed by atoms with E-state index in [4.69, 9.17) is 0 Å². The second-order valence-corrected chi connectivity index (χ2v) is 7.86. The number of carbonyl (C=O) groups excluding carboxylic acids is 2. The standard InChI is InChI=1S/C22H24N4O4/c1-23(14-16-7-3-4-8-20(16)24-11-5-2-6-12-24)15-25-21(27)18-10-9-17(26(29)30)13-19(18)22(25)28/h3-4,7-10,13H,2,5-6,11-12,14-15H2,1H3. The predicted molar refractivity (Wildman–Crippen MR) is 112 cm³/mol. The molecule has 0 radical (unpaired) electrons. The first kappa shape index (κ1) is 20.0. The molecule has 2 heterocycles. The van der Waals surface area contributed by atoms with Gasteiger partial charge in [0.25, 0.3) is 17.5 Å². The third kappa shape index (κ3) is 3.78. The molecule has 2 amide bonds. The lowest BCUT2D eigenvalue weighted by Crippen LogP contribution is -2.39. The van der Waals surface area contributed by atoms with Gasteiger partial charge in [-0.15, -0.1) is 0 Å². The van der Waals surface area contributed by atoms with Crippen molar-refractivity contribution in [3.63, 3.8) is 0 Å². The maximum absolute atomic E-state index is 12.7. The Bertz CT molecular complexity index is 1000. The zero-order chi connectivity index (χ0) is 21.3. The van der Waals surface area contributed by atoms with Crippen molar-refractivity contribution in [1.82, 2.24) is 9.80 Å². The number of fused-ring (bicyclic) bond motifs is 1. The lowest BCUT2D eigenvalue weighted by Gasteiger charge is -2.32. The van der Waals surface area contributed by atoms with E-state index >= 15 is 0 Å². The molecule has 1 fully saturated rings. The molecule has 0 atom stereocenters. The fourth-order valence-electron chi connectivity index (χ4n) is 4.19. The number of piperidine rings is 1. The average molecular weight is 408 g/mol. The van der Waals surface area contributed by atoms with Crippen LogP contribution < -0.4 is 4.90 Å². The number of nitro benzene ring substituents is 1. The molecule has 30 heavy (non-hydrogen) atoms. The molecule has 2 aromatic rings. The van der Waals surface area contributed by atoms with Crippen LogP contribution in [0.1, 0.15) is 45.5 Å². The number of anilines is 1. The molecule has 0 saturated carbocycles. The van der Waals surface area contributed by atoms with E-state index in [0.29, 0.717) is 6.54 Å². The van der Waals surface area contributed by atoms with Gasteiger partial charge in [0.05, 0.1) is 22.7 Å². The number of hydrogen-bond acceptors (Lipinski definition) is 6. The molecule has 2 aromatic carbocycles. The van der Waals surface area contributed by atoms with Crippen LogP contribution in [0.15, 0.2) is 42.5 Å². The zero-order valence-corrected chi connectivity index (χ0v) is 16.9. The molecule has 0 aromatic heterocycles. The molecule has 2 aliphatic rings. The van der Waals surface area contributed by atoms with Crippen molar-refractivity contribution in [2.45, 2.75) is 25.8 Å². The highest BCUT2D eigenvalue weighted by Crippen LogP contribution is 2.28. The minimum absolute atomic E-state index is 0.0938. The Morgan fingerprint density at radius 2 is 1.70 bits per heavy atom. The van der Waals surface area contributed by atoms with Crippen LogP contribution in [0.3, 0.4) is 0 Å². The van der Waals surface area contributed by atoms with Crippen molar-refractivity contribution in [2.75, 3.05) is 31.7 Å². The zero-order valence-electron chi connectivity index (χ0n) is 16.9. The monoisotopic (exact) mass is 408 g/mol. The first-order valence-corrected chi connectivity index (χ1v) is 10.1. The summed E-state index contributed by atoms with van der Waals surface area (Å²) < 4.78 is 0. The van der Waals surface area contributed by atoms with Crippen LogP contribution in [-0.2, 0) is 6.54 Å². The van der Waals surface area contributed by atoms with Crippen LogP contribution in [0, 0.1) is 10.1 Å². The first-order chi connectivity index (χ1) is 14.5. The molecular formula is C22H24N4O4. The summed E-state index contributed by atoms with van der Waals surface area (Å²) in [5.74, 6) is -0.907. The quantitative estimate of drug-likeness (QED) is 0.414. The van der Waals surface area contributed by atoms with E-state index in [2.05, 4.69) is 17.0 Å². The Labute approximate surface area is 174 Å². The van der Waals surface area contributed by atoms with Gasteiger partial charge in [0.2, 0.25) is 0 Å². The topological polar surface area (TPSA) is 87.0 Å². The minimum Gasteiger partial charge on any atom is -0.371 e. The van der Waals surface area contributed by atoms with Crippen LogP contribution in [0.5, 0.6) is 0 Å². The number of hydrogen-bond donors (Lipinski definition) is 0. The first-order valence-electron chi connectivity index (χ1n) is 10.1. The molecule has 0 aliphatic carbocycles. The molecule has 8 heteroatoms. The number of rotatable bonds is 6. The Hall–Kier alpha value is -3.26. The summed E-state index contributed by atoms with van der Waals surface area (Å²) in [5.41, 5.74) is 2.46. The van der Waals surface area contributed by atoms with Gasteiger partial charge in [-0.3, -0.25) is 29.5 Å². The summed E-state index contributed by atoms with van der Waals surface area (Å²) in [6, 6.07) is 12.0. The van der Waals surface area contributed by atoms with E-state index in [1.165, 1.54) is 43.1 Å². The van der Waals surface area contributed by atoms with Gasteiger partial charge in [0.1, 0.15) is 0 Å². The van der Waals surface area contributed by atoms with Crippen molar-refractivity contribution in [3.05, 3.63) is 69.3 Å². The highest BCUT2D eigenvalue weighted by molar-refractivity contribution is 6.21. The largest absolute Gasteiger partial charge is 0.371 e. The number of non-ortho nitro benzene ring substituents is 1. The van der Waals surface area contributed by atoms with Gasteiger partial charge >= 0.3 is 0 Å². The number of nitrogens with zero attached hydrogens (tertiary/aromatic N) is 4. The molecule has 156 valence electrons. The third-order valence-electron chi connectivity index (χ3n) is 5.68. The molecule has 4 rings (SSSR count). The molecule has 0 bridgehead atoms. The number of amides is 2. The van der Waals surface area contributed by atoms with Crippen molar-refractivity contribution in [2.24, 2.45) is 0 Å². The number of carbonyl (C=O) groups is 2. The van der Waals surface area contributed by atoms with Crippen LogP contribution in [0.2, 0.25) is 0 Å². The van der Waals surface area contributed by atoms with E-state index < -0.39 is 16.7 Å². The van der Waals surface area contributed by atoms with Gasteiger partial charge in [-0.1, -0.05) is 18.2 Å². The second kappa shape index (κ2) is 8.23. The van der Waals surface area contributed by atoms with Gasteiger partial charge in [-0.2, -0.15) is 0 Å². The van der Waals surface area contributed by atoms with Gasteiger partial charge in [0.15, 0.2) is 0 Å². The maximum Gasteiger partial charge on any atom is 0.270 e. The summed E-state index contributed by atoms with van der Waals surface area (Å²) in [7, 11) is 1.86. The minimum atomic E-state index is -0.565. The van der Waals surface area contributed by atoms with Crippen LogP contribution in [0.4, 0.5) is 11.4 Å². The molecule has 0 unspecified atom stereocenters. The van der Waals surface area contributed by atoms with E-state index in [9.17, 15) is 19.7 Å². The summed E-state index contributed by atoms with van der Waals surface area (Å²) in [6.07, 6.45) is 3.63. The van der Waals surface area contributed by atoms with Crippen molar-refractivity contribution < 1.29 is 14.5 Å². The lowest BCUT2D eigenvalue weighted by atomic mass is 10.1. The molecule has 0 N–H and O–H groups in total. The van der Waals surface area contributed by atoms with Gasteiger partial charge in [-0.05, 0) is 44.0 Å². The molecule has 8 nitrogen and oxygen atoms in total. The Morgan fingerprint density at radius 1 is 1.00 bits per heavy atom. The summed E-state index contributed by atoms with van der Waals surface area (Å²) in [4.78, 5) is 41.3. The fourth-order valence-corrected chi connectivity index (χ4v) is 4.19. The Kier molecular flexibility index (Phi) is 5.50. The molecular weight excluding hydrogens is 384 g/mol.